The second-order valence-corrected chi connectivity index (χ2v) is 7.07. The Bertz CT molecular complexity index is 716. The number of aliphatic hydroxyl groups excluding tert-OH is 2. The fourth-order valence-corrected chi connectivity index (χ4v) is 3.53. The lowest BCUT2D eigenvalue weighted by Crippen LogP contribution is -2.33. The minimum Gasteiger partial charge on any atom is -0.494 e. The van der Waals surface area contributed by atoms with Gasteiger partial charge in [0, 0.05) is 17.9 Å². The molecule has 1 aliphatic heterocycles. The second kappa shape index (κ2) is 8.87. The number of ether oxygens (including phenoxy) is 2. The summed E-state index contributed by atoms with van der Waals surface area (Å²) >= 11 is 6.40. The Balaban J connectivity index is 1.77. The molecule has 4 nitrogen and oxygen atoms in total. The standard InChI is InChI=1S/C21H25ClO4/c1-2-25-18-6-3-14(4-7-18)9-16-10-15(5-8-20(16)22)21-12-17(24)11-19(13-23)26-21/h3-8,10,17,19,21,23-24H,2,9,11-13H2,1H3/t17?,19?,21-/m1/s1. The van der Waals surface area contributed by atoms with E-state index in [1.807, 2.05) is 49.4 Å². The molecule has 2 aromatic rings. The van der Waals surface area contributed by atoms with E-state index in [0.717, 1.165) is 22.4 Å². The average molecular weight is 377 g/mol. The molecule has 3 atom stereocenters. The first-order chi connectivity index (χ1) is 12.6. The zero-order valence-electron chi connectivity index (χ0n) is 14.9. The Hall–Kier alpha value is -1.59. The number of rotatable bonds is 6. The normalized spacial score (nSPS) is 23.0. The monoisotopic (exact) mass is 376 g/mol. The Labute approximate surface area is 159 Å². The van der Waals surface area contributed by atoms with Crippen LogP contribution in [0.3, 0.4) is 0 Å². The predicted octanol–water partition coefficient (Wildman–Crippen LogP) is 3.90. The highest BCUT2D eigenvalue weighted by Crippen LogP contribution is 2.33. The van der Waals surface area contributed by atoms with Crippen LogP contribution in [0, 0.1) is 0 Å². The Morgan fingerprint density at radius 2 is 1.92 bits per heavy atom. The number of aliphatic hydroxyl groups is 2. The molecule has 2 aromatic carbocycles. The first kappa shape index (κ1) is 19.2. The van der Waals surface area contributed by atoms with Crippen molar-refractivity contribution in [1.82, 2.24) is 0 Å². The molecule has 3 rings (SSSR count). The van der Waals surface area contributed by atoms with Crippen molar-refractivity contribution in [3.8, 4) is 5.75 Å². The molecule has 140 valence electrons. The van der Waals surface area contributed by atoms with E-state index < -0.39 is 6.10 Å². The summed E-state index contributed by atoms with van der Waals surface area (Å²) in [6.07, 6.45) is 0.690. The molecule has 0 aromatic heterocycles. The average Bonchev–Trinajstić information content (AvgIpc) is 2.64. The van der Waals surface area contributed by atoms with Gasteiger partial charge < -0.3 is 19.7 Å². The maximum atomic E-state index is 10.0. The molecular weight excluding hydrogens is 352 g/mol. The SMILES string of the molecule is CCOc1ccc(Cc2cc([C@H]3CC(O)CC(CO)O3)ccc2Cl)cc1. The summed E-state index contributed by atoms with van der Waals surface area (Å²) in [5, 5.41) is 20.1. The van der Waals surface area contributed by atoms with E-state index in [1.165, 1.54) is 0 Å². The van der Waals surface area contributed by atoms with Gasteiger partial charge in [0.1, 0.15) is 5.75 Å². The zero-order chi connectivity index (χ0) is 18.5. The Morgan fingerprint density at radius 1 is 1.15 bits per heavy atom. The summed E-state index contributed by atoms with van der Waals surface area (Å²) in [6.45, 7) is 2.53. The van der Waals surface area contributed by atoms with Crippen LogP contribution < -0.4 is 4.74 Å². The van der Waals surface area contributed by atoms with Gasteiger partial charge in [-0.15, -0.1) is 0 Å². The molecule has 2 unspecified atom stereocenters. The minimum atomic E-state index is -0.462. The fraction of sp³-hybridized carbons (Fsp3) is 0.429. The topological polar surface area (TPSA) is 58.9 Å². The van der Waals surface area contributed by atoms with Crippen LogP contribution in [0.25, 0.3) is 0 Å². The highest BCUT2D eigenvalue weighted by molar-refractivity contribution is 6.31. The van der Waals surface area contributed by atoms with Gasteiger partial charge in [0.2, 0.25) is 0 Å². The van der Waals surface area contributed by atoms with Crippen LogP contribution in [0.1, 0.15) is 42.6 Å². The summed E-state index contributed by atoms with van der Waals surface area (Å²) in [5.74, 6) is 0.857. The van der Waals surface area contributed by atoms with Crippen LogP contribution in [-0.4, -0.2) is 35.6 Å². The van der Waals surface area contributed by atoms with E-state index in [-0.39, 0.29) is 18.8 Å². The molecule has 2 N–H and O–H groups in total. The van der Waals surface area contributed by atoms with E-state index in [1.54, 1.807) is 0 Å². The first-order valence-electron chi connectivity index (χ1n) is 9.03. The predicted molar refractivity (Wildman–Crippen MR) is 102 cm³/mol. The molecule has 5 heteroatoms. The lowest BCUT2D eigenvalue weighted by Gasteiger charge is -2.32. The van der Waals surface area contributed by atoms with Gasteiger partial charge in [-0.05, 0) is 48.2 Å². The quantitative estimate of drug-likeness (QED) is 0.802. The van der Waals surface area contributed by atoms with Crippen molar-refractivity contribution in [3.05, 3.63) is 64.2 Å². The summed E-state index contributed by atoms with van der Waals surface area (Å²) in [5.41, 5.74) is 3.13. The zero-order valence-corrected chi connectivity index (χ0v) is 15.7. The van der Waals surface area contributed by atoms with E-state index in [4.69, 9.17) is 21.1 Å². The van der Waals surface area contributed by atoms with E-state index >= 15 is 0 Å². The third-order valence-electron chi connectivity index (χ3n) is 4.65. The van der Waals surface area contributed by atoms with Gasteiger partial charge in [0.15, 0.2) is 0 Å². The molecule has 1 saturated heterocycles. The van der Waals surface area contributed by atoms with Gasteiger partial charge >= 0.3 is 0 Å². The first-order valence-corrected chi connectivity index (χ1v) is 9.41. The summed E-state index contributed by atoms with van der Waals surface area (Å²) in [4.78, 5) is 0. The van der Waals surface area contributed by atoms with Gasteiger partial charge in [-0.25, -0.2) is 0 Å². The maximum absolute atomic E-state index is 10.0. The van der Waals surface area contributed by atoms with Crippen LogP contribution in [0.15, 0.2) is 42.5 Å². The van der Waals surface area contributed by atoms with Crippen molar-refractivity contribution in [1.29, 1.82) is 0 Å². The number of benzene rings is 2. The van der Waals surface area contributed by atoms with Crippen molar-refractivity contribution >= 4 is 11.6 Å². The van der Waals surface area contributed by atoms with E-state index in [9.17, 15) is 10.2 Å². The molecule has 0 spiro atoms. The molecule has 0 aliphatic carbocycles. The number of hydrogen-bond acceptors (Lipinski definition) is 4. The maximum Gasteiger partial charge on any atom is 0.119 e. The van der Waals surface area contributed by atoms with Crippen LogP contribution in [-0.2, 0) is 11.2 Å². The molecule has 1 fully saturated rings. The van der Waals surface area contributed by atoms with Gasteiger partial charge in [-0.3, -0.25) is 0 Å². The van der Waals surface area contributed by atoms with Gasteiger partial charge in [-0.2, -0.15) is 0 Å². The Morgan fingerprint density at radius 3 is 2.62 bits per heavy atom. The van der Waals surface area contributed by atoms with Crippen molar-refractivity contribution in [2.75, 3.05) is 13.2 Å². The Kier molecular flexibility index (Phi) is 6.54. The highest BCUT2D eigenvalue weighted by atomic mass is 35.5. The van der Waals surface area contributed by atoms with Crippen molar-refractivity contribution < 1.29 is 19.7 Å². The summed E-state index contributed by atoms with van der Waals surface area (Å²) < 4.78 is 11.4. The lowest BCUT2D eigenvalue weighted by molar-refractivity contribution is -0.113. The van der Waals surface area contributed by atoms with Crippen LogP contribution >= 0.6 is 11.6 Å². The molecule has 0 amide bonds. The van der Waals surface area contributed by atoms with Crippen molar-refractivity contribution in [2.24, 2.45) is 0 Å². The smallest absolute Gasteiger partial charge is 0.119 e. The van der Waals surface area contributed by atoms with E-state index in [2.05, 4.69) is 0 Å². The van der Waals surface area contributed by atoms with Gasteiger partial charge in [-0.1, -0.05) is 35.9 Å². The molecule has 1 heterocycles. The molecular formula is C21H25ClO4. The minimum absolute atomic E-state index is 0.0831. The molecule has 1 aliphatic rings. The van der Waals surface area contributed by atoms with Gasteiger partial charge in [0.25, 0.3) is 0 Å². The largest absolute Gasteiger partial charge is 0.494 e. The molecule has 0 saturated carbocycles. The summed E-state index contributed by atoms with van der Waals surface area (Å²) in [7, 11) is 0. The molecule has 0 bridgehead atoms. The van der Waals surface area contributed by atoms with Crippen LogP contribution in [0.5, 0.6) is 5.75 Å². The lowest BCUT2D eigenvalue weighted by atomic mass is 9.94. The second-order valence-electron chi connectivity index (χ2n) is 6.66. The summed E-state index contributed by atoms with van der Waals surface area (Å²) in [6, 6.07) is 13.8. The van der Waals surface area contributed by atoms with E-state index in [0.29, 0.717) is 30.9 Å². The van der Waals surface area contributed by atoms with Crippen LogP contribution in [0.4, 0.5) is 0 Å². The third-order valence-corrected chi connectivity index (χ3v) is 5.02. The van der Waals surface area contributed by atoms with Gasteiger partial charge in [0.05, 0.1) is 31.5 Å². The molecule has 26 heavy (non-hydrogen) atoms. The molecule has 0 radical (unpaired) electrons. The van der Waals surface area contributed by atoms with Crippen molar-refractivity contribution in [3.63, 3.8) is 0 Å². The fourth-order valence-electron chi connectivity index (χ4n) is 3.34. The highest BCUT2D eigenvalue weighted by Gasteiger charge is 2.29. The number of halogens is 1. The third kappa shape index (κ3) is 4.77. The number of hydrogen-bond donors (Lipinski definition) is 2. The van der Waals surface area contributed by atoms with Crippen molar-refractivity contribution in [2.45, 2.75) is 44.5 Å². The van der Waals surface area contributed by atoms with Crippen LogP contribution in [0.2, 0.25) is 5.02 Å².